The minimum absolute atomic E-state index is 0.218. The summed E-state index contributed by atoms with van der Waals surface area (Å²) in [6.07, 6.45) is 8.13. The predicted molar refractivity (Wildman–Crippen MR) is 143 cm³/mol. The SMILES string of the molecule is C=C1c2ccccc2CCCCCN(C)c2cc(N3CC(N)C3)nc3cc(nn23)C2CCCCN12. The number of aromatic nitrogens is 3. The van der Waals surface area contributed by atoms with E-state index >= 15 is 0 Å². The second-order valence-corrected chi connectivity index (χ2v) is 10.5. The number of benzene rings is 1. The molecule has 3 aromatic rings. The van der Waals surface area contributed by atoms with Crippen molar-refractivity contribution in [3.8, 4) is 0 Å². The first kappa shape index (κ1) is 22.4. The van der Waals surface area contributed by atoms with Crippen LogP contribution in [0.1, 0.15) is 61.4 Å². The van der Waals surface area contributed by atoms with Crippen LogP contribution in [0, 0.1) is 0 Å². The molecule has 0 aliphatic carbocycles. The third-order valence-electron chi connectivity index (χ3n) is 8.00. The van der Waals surface area contributed by atoms with Gasteiger partial charge in [-0.2, -0.15) is 9.61 Å². The van der Waals surface area contributed by atoms with E-state index in [9.17, 15) is 0 Å². The highest BCUT2D eigenvalue weighted by atomic mass is 15.4. The van der Waals surface area contributed by atoms with E-state index < -0.39 is 0 Å². The monoisotopic (exact) mass is 471 g/mol. The molecule has 3 aliphatic rings. The second kappa shape index (κ2) is 9.19. The number of rotatable bonds is 1. The Balaban J connectivity index is 1.45. The summed E-state index contributed by atoms with van der Waals surface area (Å²) >= 11 is 0. The van der Waals surface area contributed by atoms with E-state index in [0.717, 1.165) is 74.1 Å². The van der Waals surface area contributed by atoms with Gasteiger partial charge in [-0.3, -0.25) is 0 Å². The van der Waals surface area contributed by atoms with Crippen LogP contribution in [0.4, 0.5) is 11.6 Å². The number of fused-ring (bicyclic) bond motifs is 4. The first-order chi connectivity index (χ1) is 17.1. The zero-order chi connectivity index (χ0) is 23.9. The van der Waals surface area contributed by atoms with Crippen LogP contribution in [-0.4, -0.2) is 58.8 Å². The summed E-state index contributed by atoms with van der Waals surface area (Å²) in [5.41, 5.74) is 11.9. The molecule has 0 radical (unpaired) electrons. The lowest BCUT2D eigenvalue weighted by molar-refractivity contribution is 0.226. The van der Waals surface area contributed by atoms with Crippen LogP contribution < -0.4 is 15.5 Å². The Hall–Kier alpha value is -3.06. The Morgan fingerprint density at radius 2 is 1.83 bits per heavy atom. The van der Waals surface area contributed by atoms with Crippen LogP contribution in [0.2, 0.25) is 0 Å². The van der Waals surface area contributed by atoms with Crippen molar-refractivity contribution < 1.29 is 0 Å². The largest absolute Gasteiger partial charge is 0.363 e. The van der Waals surface area contributed by atoms with Gasteiger partial charge in [-0.25, -0.2) is 4.98 Å². The first-order valence-corrected chi connectivity index (χ1v) is 13.2. The Morgan fingerprint density at radius 1 is 1.00 bits per heavy atom. The fraction of sp³-hybridized carbons (Fsp3) is 0.500. The molecule has 1 atom stereocenters. The number of piperidine rings is 1. The summed E-state index contributed by atoms with van der Waals surface area (Å²) in [5, 5.41) is 5.18. The Morgan fingerprint density at radius 3 is 2.69 bits per heavy atom. The molecule has 2 aromatic heterocycles. The molecule has 7 heteroatoms. The van der Waals surface area contributed by atoms with Crippen LogP contribution in [0.25, 0.3) is 11.3 Å². The molecule has 1 aromatic carbocycles. The van der Waals surface area contributed by atoms with E-state index in [1.54, 1.807) is 0 Å². The Bertz CT molecular complexity index is 1230. The highest BCUT2D eigenvalue weighted by molar-refractivity contribution is 5.66. The molecule has 0 saturated carbocycles. The lowest BCUT2D eigenvalue weighted by atomic mass is 9.94. The molecule has 3 aliphatic heterocycles. The van der Waals surface area contributed by atoms with E-state index in [2.05, 4.69) is 69.2 Å². The third kappa shape index (κ3) is 4.16. The summed E-state index contributed by atoms with van der Waals surface area (Å²) in [7, 11) is 2.18. The summed E-state index contributed by atoms with van der Waals surface area (Å²) in [6, 6.07) is 13.7. The minimum Gasteiger partial charge on any atom is -0.363 e. The predicted octanol–water partition coefficient (Wildman–Crippen LogP) is 4.24. The number of hydrogen-bond donors (Lipinski definition) is 1. The van der Waals surface area contributed by atoms with Crippen LogP contribution in [0.3, 0.4) is 0 Å². The highest BCUT2D eigenvalue weighted by Crippen LogP contribution is 2.38. The van der Waals surface area contributed by atoms with Crippen molar-refractivity contribution in [3.05, 3.63) is 59.8 Å². The van der Waals surface area contributed by atoms with Crippen molar-refractivity contribution in [2.75, 3.05) is 43.0 Å². The average Bonchev–Trinajstić information content (AvgIpc) is 3.29. The zero-order valence-corrected chi connectivity index (χ0v) is 20.9. The van der Waals surface area contributed by atoms with Gasteiger partial charge in [0.05, 0.1) is 11.7 Å². The Labute approximate surface area is 208 Å². The maximum absolute atomic E-state index is 6.08. The van der Waals surface area contributed by atoms with Gasteiger partial charge >= 0.3 is 0 Å². The van der Waals surface area contributed by atoms with Crippen LogP contribution in [0.5, 0.6) is 0 Å². The lowest BCUT2D eigenvalue weighted by Gasteiger charge is -2.38. The van der Waals surface area contributed by atoms with E-state index in [1.165, 1.54) is 36.8 Å². The summed E-state index contributed by atoms with van der Waals surface area (Å²) in [5.74, 6) is 2.11. The standard InChI is InChI=1S/C28H37N7/c1-20-23-12-6-5-11-21(23)10-4-3-8-14-32(2)28-17-26(33-18-22(29)19-33)30-27-16-24(31-35(27)28)25-13-7-9-15-34(20)25/h5-6,11-12,16-17,22,25H,1,3-4,7-10,13-15,18-19,29H2,2H3. The molecule has 6 rings (SSSR count). The molecule has 2 saturated heterocycles. The molecule has 2 bridgehead atoms. The highest BCUT2D eigenvalue weighted by Gasteiger charge is 2.30. The number of aryl methyl sites for hydroxylation is 1. The van der Waals surface area contributed by atoms with Crippen molar-refractivity contribution in [2.24, 2.45) is 5.73 Å². The van der Waals surface area contributed by atoms with Crippen molar-refractivity contribution in [1.82, 2.24) is 19.5 Å². The van der Waals surface area contributed by atoms with Gasteiger partial charge in [0.1, 0.15) is 11.6 Å². The van der Waals surface area contributed by atoms with Crippen LogP contribution >= 0.6 is 0 Å². The minimum atomic E-state index is 0.218. The first-order valence-electron chi connectivity index (χ1n) is 13.2. The number of anilines is 2. The van der Waals surface area contributed by atoms with Crippen molar-refractivity contribution >= 4 is 23.0 Å². The molecule has 184 valence electrons. The molecule has 2 N–H and O–H groups in total. The molecular weight excluding hydrogens is 434 g/mol. The quantitative estimate of drug-likeness (QED) is 0.573. The fourth-order valence-corrected chi connectivity index (χ4v) is 5.95. The van der Waals surface area contributed by atoms with Gasteiger partial charge in [0.2, 0.25) is 0 Å². The molecule has 35 heavy (non-hydrogen) atoms. The maximum Gasteiger partial charge on any atom is 0.160 e. The summed E-state index contributed by atoms with van der Waals surface area (Å²) in [6.45, 7) is 8.36. The molecule has 7 nitrogen and oxygen atoms in total. The van der Waals surface area contributed by atoms with Crippen LogP contribution in [0.15, 0.2) is 43.0 Å². The average molecular weight is 472 g/mol. The van der Waals surface area contributed by atoms with E-state index in [4.69, 9.17) is 15.8 Å². The molecular formula is C28H37N7. The van der Waals surface area contributed by atoms with E-state index in [1.807, 2.05) is 0 Å². The van der Waals surface area contributed by atoms with E-state index in [0.29, 0.717) is 0 Å². The van der Waals surface area contributed by atoms with E-state index in [-0.39, 0.29) is 12.1 Å². The van der Waals surface area contributed by atoms with Crippen LogP contribution in [-0.2, 0) is 6.42 Å². The lowest BCUT2D eigenvalue weighted by Crippen LogP contribution is -2.56. The molecule has 0 amide bonds. The second-order valence-electron chi connectivity index (χ2n) is 10.5. The van der Waals surface area contributed by atoms with Gasteiger partial charge in [-0.05, 0) is 44.1 Å². The summed E-state index contributed by atoms with van der Waals surface area (Å²) in [4.78, 5) is 12.2. The van der Waals surface area contributed by atoms with Gasteiger partial charge < -0.3 is 20.4 Å². The smallest absolute Gasteiger partial charge is 0.160 e. The topological polar surface area (TPSA) is 65.9 Å². The molecule has 1 unspecified atom stereocenters. The third-order valence-corrected chi connectivity index (χ3v) is 8.00. The zero-order valence-electron chi connectivity index (χ0n) is 20.9. The number of hydrogen-bond acceptors (Lipinski definition) is 6. The molecule has 2 fully saturated rings. The molecule has 0 spiro atoms. The van der Waals surface area contributed by atoms with Gasteiger partial charge in [0.15, 0.2) is 5.65 Å². The normalized spacial score (nSPS) is 21.9. The van der Waals surface area contributed by atoms with Crippen molar-refractivity contribution in [1.29, 1.82) is 0 Å². The Kier molecular flexibility index (Phi) is 5.88. The summed E-state index contributed by atoms with van der Waals surface area (Å²) < 4.78 is 2.06. The van der Waals surface area contributed by atoms with Crippen molar-refractivity contribution in [3.63, 3.8) is 0 Å². The molecule has 5 heterocycles. The van der Waals surface area contributed by atoms with Gasteiger partial charge in [-0.1, -0.05) is 37.3 Å². The number of nitrogens with two attached hydrogens (primary N) is 1. The maximum atomic E-state index is 6.08. The fourth-order valence-electron chi connectivity index (χ4n) is 5.95. The van der Waals surface area contributed by atoms with Gasteiger partial charge in [-0.15, -0.1) is 0 Å². The number of nitrogens with zero attached hydrogens (tertiary/aromatic N) is 6. The van der Waals surface area contributed by atoms with Gasteiger partial charge in [0, 0.05) is 62.7 Å². The van der Waals surface area contributed by atoms with Gasteiger partial charge in [0.25, 0.3) is 0 Å². The van der Waals surface area contributed by atoms with Crippen molar-refractivity contribution in [2.45, 2.75) is 57.0 Å².